The maximum atomic E-state index is 11.6. The van der Waals surface area contributed by atoms with Crippen molar-refractivity contribution in [2.75, 3.05) is 6.54 Å². The van der Waals surface area contributed by atoms with Gasteiger partial charge in [-0.05, 0) is 13.3 Å². The lowest BCUT2D eigenvalue weighted by Gasteiger charge is -1.98. The summed E-state index contributed by atoms with van der Waals surface area (Å²) in [5, 5.41) is 4.83. The van der Waals surface area contributed by atoms with Crippen molar-refractivity contribution in [1.29, 1.82) is 0 Å². The van der Waals surface area contributed by atoms with E-state index >= 15 is 0 Å². The Morgan fingerprint density at radius 3 is 3.13 bits per heavy atom. The number of nitrogens with zero attached hydrogens (tertiary/aromatic N) is 2. The van der Waals surface area contributed by atoms with E-state index in [9.17, 15) is 4.79 Å². The van der Waals surface area contributed by atoms with Crippen molar-refractivity contribution in [1.82, 2.24) is 14.7 Å². The lowest BCUT2D eigenvalue weighted by atomic mass is 10.4. The topological polar surface area (TPSA) is 46.4 Å². The summed E-state index contributed by atoms with van der Waals surface area (Å²) in [6.07, 6.45) is 2.72. The summed E-state index contributed by atoms with van der Waals surface area (Å²) < 4.78 is 1.94. The standard InChI is InChI=1S/C10H13N3OS/c1-3-4-11-9(14)8-5-13-7(2)6-15-10(13)12-8/h5-6H,3-4H2,1-2H3,(H,11,14). The summed E-state index contributed by atoms with van der Waals surface area (Å²) in [7, 11) is 0. The Morgan fingerprint density at radius 1 is 1.67 bits per heavy atom. The van der Waals surface area contributed by atoms with Crippen LogP contribution in [0, 0.1) is 6.92 Å². The van der Waals surface area contributed by atoms with Crippen molar-refractivity contribution in [3.8, 4) is 0 Å². The number of hydrogen-bond acceptors (Lipinski definition) is 3. The van der Waals surface area contributed by atoms with Gasteiger partial charge in [-0.2, -0.15) is 0 Å². The second-order valence-corrected chi connectivity index (χ2v) is 4.25. The third-order valence-corrected chi connectivity index (χ3v) is 3.11. The van der Waals surface area contributed by atoms with E-state index in [0.29, 0.717) is 12.2 Å². The van der Waals surface area contributed by atoms with Crippen molar-refractivity contribution in [3.63, 3.8) is 0 Å². The van der Waals surface area contributed by atoms with Crippen molar-refractivity contribution in [2.45, 2.75) is 20.3 Å². The van der Waals surface area contributed by atoms with Crippen LogP contribution in [0.15, 0.2) is 11.6 Å². The van der Waals surface area contributed by atoms with Gasteiger partial charge in [-0.3, -0.25) is 9.20 Å². The third-order valence-electron chi connectivity index (χ3n) is 2.16. The zero-order chi connectivity index (χ0) is 10.8. The summed E-state index contributed by atoms with van der Waals surface area (Å²) in [5.41, 5.74) is 1.61. The molecule has 0 aromatic carbocycles. The molecule has 0 saturated heterocycles. The Labute approximate surface area is 91.9 Å². The predicted octanol–water partition coefficient (Wildman–Crippen LogP) is 1.84. The molecular formula is C10H13N3OS. The van der Waals surface area contributed by atoms with Crippen molar-refractivity contribution in [2.24, 2.45) is 0 Å². The minimum absolute atomic E-state index is 0.0906. The molecule has 0 aliphatic heterocycles. The highest BCUT2D eigenvalue weighted by Gasteiger charge is 2.11. The largest absolute Gasteiger partial charge is 0.351 e. The van der Waals surface area contributed by atoms with Crippen LogP contribution in [-0.4, -0.2) is 21.8 Å². The van der Waals surface area contributed by atoms with Crippen molar-refractivity contribution in [3.05, 3.63) is 23.0 Å². The zero-order valence-electron chi connectivity index (χ0n) is 8.78. The van der Waals surface area contributed by atoms with Crippen LogP contribution < -0.4 is 5.32 Å². The van der Waals surface area contributed by atoms with E-state index in [0.717, 1.165) is 17.1 Å². The molecule has 0 fully saturated rings. The zero-order valence-corrected chi connectivity index (χ0v) is 9.60. The molecule has 0 unspecified atom stereocenters. The molecule has 2 rings (SSSR count). The maximum Gasteiger partial charge on any atom is 0.271 e. The minimum Gasteiger partial charge on any atom is -0.351 e. The molecule has 0 bridgehead atoms. The Morgan fingerprint density at radius 2 is 2.47 bits per heavy atom. The van der Waals surface area contributed by atoms with Crippen LogP contribution in [-0.2, 0) is 0 Å². The molecule has 0 aliphatic carbocycles. The first-order valence-electron chi connectivity index (χ1n) is 4.93. The summed E-state index contributed by atoms with van der Waals surface area (Å²) in [4.78, 5) is 16.7. The van der Waals surface area contributed by atoms with Crippen LogP contribution in [0.25, 0.3) is 4.96 Å². The number of amides is 1. The Bertz CT molecular complexity index is 486. The SMILES string of the molecule is CCCNC(=O)c1cn2c(C)csc2n1. The highest BCUT2D eigenvalue weighted by Crippen LogP contribution is 2.15. The molecular weight excluding hydrogens is 210 g/mol. The molecule has 80 valence electrons. The van der Waals surface area contributed by atoms with Gasteiger partial charge in [0.05, 0.1) is 0 Å². The van der Waals surface area contributed by atoms with Crippen LogP contribution in [0.5, 0.6) is 0 Å². The number of carbonyl (C=O) groups is 1. The van der Waals surface area contributed by atoms with Gasteiger partial charge in [-0.1, -0.05) is 6.92 Å². The normalized spacial score (nSPS) is 10.8. The van der Waals surface area contributed by atoms with E-state index in [1.54, 1.807) is 17.5 Å². The molecule has 1 amide bonds. The highest BCUT2D eigenvalue weighted by atomic mass is 32.1. The monoisotopic (exact) mass is 223 g/mol. The molecule has 0 aliphatic rings. The van der Waals surface area contributed by atoms with Crippen LogP contribution in [0.1, 0.15) is 29.5 Å². The van der Waals surface area contributed by atoms with Gasteiger partial charge in [0, 0.05) is 23.8 Å². The first-order chi connectivity index (χ1) is 7.22. The van der Waals surface area contributed by atoms with E-state index in [1.807, 2.05) is 23.6 Å². The summed E-state index contributed by atoms with van der Waals surface area (Å²) in [5.74, 6) is -0.0906. The average Bonchev–Trinajstić information content (AvgIpc) is 2.78. The number of aryl methyl sites for hydroxylation is 1. The number of carbonyl (C=O) groups excluding carboxylic acids is 1. The highest BCUT2D eigenvalue weighted by molar-refractivity contribution is 7.15. The van der Waals surface area contributed by atoms with Gasteiger partial charge in [0.15, 0.2) is 4.96 Å². The molecule has 2 heterocycles. The van der Waals surface area contributed by atoms with Crippen molar-refractivity contribution < 1.29 is 4.79 Å². The van der Waals surface area contributed by atoms with Gasteiger partial charge in [-0.15, -0.1) is 11.3 Å². The van der Waals surface area contributed by atoms with Gasteiger partial charge in [0.1, 0.15) is 5.69 Å². The van der Waals surface area contributed by atoms with Gasteiger partial charge in [0.25, 0.3) is 5.91 Å². The lowest BCUT2D eigenvalue weighted by molar-refractivity contribution is 0.0949. The molecule has 5 heteroatoms. The maximum absolute atomic E-state index is 11.6. The minimum atomic E-state index is -0.0906. The fourth-order valence-electron chi connectivity index (χ4n) is 1.33. The number of rotatable bonds is 3. The number of nitrogens with one attached hydrogen (secondary N) is 1. The number of fused-ring (bicyclic) bond motifs is 1. The number of aromatic nitrogens is 2. The summed E-state index contributed by atoms with van der Waals surface area (Å²) in [6, 6.07) is 0. The molecule has 0 saturated carbocycles. The third kappa shape index (κ3) is 1.87. The molecule has 15 heavy (non-hydrogen) atoms. The number of thiazole rings is 1. The van der Waals surface area contributed by atoms with E-state index in [4.69, 9.17) is 0 Å². The van der Waals surface area contributed by atoms with E-state index in [1.165, 1.54) is 0 Å². The van der Waals surface area contributed by atoms with Crippen molar-refractivity contribution >= 4 is 22.2 Å². The van der Waals surface area contributed by atoms with Crippen LogP contribution in [0.3, 0.4) is 0 Å². The predicted molar refractivity (Wildman–Crippen MR) is 60.4 cm³/mol. The first kappa shape index (κ1) is 10.2. The number of imidazole rings is 1. The Hall–Kier alpha value is -1.36. The lowest BCUT2D eigenvalue weighted by Crippen LogP contribution is -2.24. The van der Waals surface area contributed by atoms with Gasteiger partial charge < -0.3 is 5.32 Å². The van der Waals surface area contributed by atoms with Crippen LogP contribution >= 0.6 is 11.3 Å². The van der Waals surface area contributed by atoms with Gasteiger partial charge in [-0.25, -0.2) is 4.98 Å². The smallest absolute Gasteiger partial charge is 0.271 e. The summed E-state index contributed by atoms with van der Waals surface area (Å²) >= 11 is 1.55. The number of hydrogen-bond donors (Lipinski definition) is 1. The molecule has 2 aromatic rings. The molecule has 0 spiro atoms. The average molecular weight is 223 g/mol. The molecule has 0 radical (unpaired) electrons. The first-order valence-corrected chi connectivity index (χ1v) is 5.81. The van der Waals surface area contributed by atoms with E-state index in [2.05, 4.69) is 10.3 Å². The fourth-order valence-corrected chi connectivity index (χ4v) is 2.18. The molecule has 4 nitrogen and oxygen atoms in total. The van der Waals surface area contributed by atoms with E-state index < -0.39 is 0 Å². The quantitative estimate of drug-likeness (QED) is 0.863. The van der Waals surface area contributed by atoms with Crippen LogP contribution in [0.2, 0.25) is 0 Å². The Kier molecular flexibility index (Phi) is 2.73. The van der Waals surface area contributed by atoms with E-state index in [-0.39, 0.29) is 5.91 Å². The summed E-state index contributed by atoms with van der Waals surface area (Å²) in [6.45, 7) is 4.72. The fraction of sp³-hybridized carbons (Fsp3) is 0.400. The molecule has 2 aromatic heterocycles. The van der Waals surface area contributed by atoms with Gasteiger partial charge >= 0.3 is 0 Å². The second-order valence-electron chi connectivity index (χ2n) is 3.41. The molecule has 1 N–H and O–H groups in total. The van der Waals surface area contributed by atoms with Gasteiger partial charge in [0.2, 0.25) is 0 Å². The molecule has 0 atom stereocenters. The second kappa shape index (κ2) is 4.02. The Balaban J connectivity index is 2.24. The van der Waals surface area contributed by atoms with Crippen LogP contribution in [0.4, 0.5) is 0 Å².